The summed E-state index contributed by atoms with van der Waals surface area (Å²) in [6, 6.07) is 0.750. The minimum Gasteiger partial charge on any atom is -0.508 e. The average Bonchev–Trinajstić information content (AvgIpc) is 0.770. The Morgan fingerprint density at radius 1 is 0.730 bits per heavy atom. The molecule has 0 saturated carbocycles. The Hall–Kier alpha value is -10.4. The molecule has 0 aliphatic carbocycles. The lowest BCUT2D eigenvalue weighted by Crippen LogP contribution is -2.66. The van der Waals surface area contributed by atoms with Gasteiger partial charge < -0.3 is 127 Å². The molecule has 7 aliphatic heterocycles. The van der Waals surface area contributed by atoms with Crippen molar-refractivity contribution in [2.75, 3.05) is 26.9 Å². The van der Waals surface area contributed by atoms with Crippen molar-refractivity contribution in [2.24, 2.45) is 11.7 Å². The van der Waals surface area contributed by atoms with Crippen molar-refractivity contribution in [1.29, 1.82) is 0 Å². The number of phenols is 3. The van der Waals surface area contributed by atoms with Crippen LogP contribution in [0.2, 0.25) is 10.0 Å². The number of ether oxygens (including phenoxy) is 8. The summed E-state index contributed by atoms with van der Waals surface area (Å²) in [5.74, 6) is -18.6. The van der Waals surface area contributed by atoms with E-state index in [9.17, 15) is 79.8 Å². The number of ketones is 1. The molecule has 18 atom stereocenters. The SMILES string of the molecule is CCOC(=O)N[C@@]1(C)C[C@H](O[C@H]2[C@H](Oc3c4cc5cc3Oc3ccc(cc3Cl)[C@@H](O)[C@@H](NC(=O)[C@@H](CC(C)C)N(C)C(=O)OCC)C(=O)N[C@@H](CC(N)=O)C(=O)N[C@H]5C(=O)C[C@H]3C(=O)N[C@H](C(=O)N[C@H](C(=O)O)c5cc(O)cc(O)c5-c5cc3ccc5O)[C@H](O)c3ccc(c(Cl)c3)O4)O[C@H](CO)[C@@H](O)[C@@H]2O)O[C@@H](C)[C@H]1O. The van der Waals surface area contributed by atoms with E-state index in [0.717, 1.165) is 83.8 Å². The lowest BCUT2D eigenvalue weighted by atomic mass is 9.85. The average molecular weight is 1590 g/mol. The van der Waals surface area contributed by atoms with Gasteiger partial charge in [-0.3, -0.25) is 38.5 Å². The monoisotopic (exact) mass is 1590 g/mol. The fourth-order valence-electron chi connectivity index (χ4n) is 13.7. The minimum atomic E-state index is -2.31. The van der Waals surface area contributed by atoms with E-state index in [-0.39, 0.29) is 42.2 Å². The number of aliphatic hydroxyl groups is 6. The number of nitrogens with two attached hydrogens (primary N) is 1. The number of likely N-dealkylation sites (N-methyl/N-ethyl adjacent to an activating group) is 1. The molecule has 5 aromatic carbocycles. The fraction of sp³-hybridized carbons (Fsp3) is 0.452. The number of carbonyl (C=O) groups excluding carboxylic acids is 9. The zero-order chi connectivity index (χ0) is 81.1. The Morgan fingerprint density at radius 3 is 1.95 bits per heavy atom. The summed E-state index contributed by atoms with van der Waals surface area (Å²) in [4.78, 5) is 146. The number of halogens is 2. The van der Waals surface area contributed by atoms with Gasteiger partial charge in [-0.15, -0.1) is 0 Å². The molecule has 2 saturated heterocycles. The van der Waals surface area contributed by atoms with Crippen molar-refractivity contribution >= 4 is 82.6 Å². The number of carbonyl (C=O) groups is 10. The highest BCUT2D eigenvalue weighted by molar-refractivity contribution is 6.32. The molecule has 598 valence electrons. The van der Waals surface area contributed by atoms with Crippen LogP contribution in [0.15, 0.2) is 78.9 Å². The molecule has 2 fully saturated rings. The predicted octanol–water partition coefficient (Wildman–Crippen LogP) is 2.65. The van der Waals surface area contributed by atoms with Gasteiger partial charge in [0.05, 0.1) is 53.8 Å². The van der Waals surface area contributed by atoms with Crippen molar-refractivity contribution in [3.8, 4) is 57.1 Å². The number of rotatable bonds is 16. The second-order valence-corrected chi connectivity index (χ2v) is 28.6. The number of phenolic OH excluding ortho intramolecular Hbond substituents is 3. The van der Waals surface area contributed by atoms with E-state index in [4.69, 9.17) is 66.8 Å². The number of amides is 8. The first-order valence-electron chi connectivity index (χ1n) is 35.0. The van der Waals surface area contributed by atoms with E-state index in [0.29, 0.717) is 0 Å². The molecular formula is C73H84Cl2N8O28. The number of hydrogen-bond donors (Lipinski definition) is 17. The van der Waals surface area contributed by atoms with Crippen LogP contribution >= 0.6 is 23.2 Å². The van der Waals surface area contributed by atoms with E-state index in [2.05, 4.69) is 31.9 Å². The van der Waals surface area contributed by atoms with Gasteiger partial charge in [-0.05, 0) is 117 Å². The van der Waals surface area contributed by atoms with Crippen molar-refractivity contribution in [1.82, 2.24) is 36.8 Å². The standard InChI is InChI=1S/C73H84Cl2N8O28/c1-8-104-71(102)82-73(6)26-51(106-29(5)63(73)94)110-62-60(93)59(92)49(27-84)109-70(62)111-61-47-20-33-21-48(61)108-46-15-12-32(19-39(46)75)58(91)56-68(99)79-54(69(100)101)37-22-34(85)23-43(87)52(37)36-17-30(10-13-42(36)86)35(64(95)80-56)24-44(88)53(33)78-65(96)40(25-50(76)89)77-67(98)55(57(90)31-11-14-45(107-47)38(74)18-31)81-66(97)41(16-28(3)4)83(7)72(103)105-9-2/h10-15,17-23,28-29,35,40-41,49,51,53-60,62-63,70,84-87,90-94H,8-9,16,24-27H2,1-7H3,(H2,76,89)(H,77,98)(H,78,96)(H,79,99)(H,80,95)(H,81,97)(H,82,102)(H,100,101)/t29-,35+,40-,41+,49+,51-,53+,54-,55+,56-,57+,58+,59+,60-,62+,63+,70-,73-/m0/s1. The summed E-state index contributed by atoms with van der Waals surface area (Å²) < 4.78 is 49.0. The van der Waals surface area contributed by atoms with Crippen molar-refractivity contribution in [3.05, 3.63) is 117 Å². The number of carboxylic acids is 1. The van der Waals surface area contributed by atoms with E-state index in [1.807, 2.05) is 0 Å². The lowest BCUT2D eigenvalue weighted by molar-refractivity contribution is -0.334. The highest BCUT2D eigenvalue weighted by atomic mass is 35.5. The van der Waals surface area contributed by atoms with Gasteiger partial charge in [0, 0.05) is 42.6 Å². The maximum absolute atomic E-state index is 16.3. The zero-order valence-corrected chi connectivity index (χ0v) is 62.0. The number of benzene rings is 5. The molecule has 5 aromatic rings. The number of primary amides is 1. The second-order valence-electron chi connectivity index (χ2n) is 27.7. The molecule has 36 nitrogen and oxygen atoms in total. The number of aliphatic carboxylic acids is 1. The first-order chi connectivity index (χ1) is 52.4. The quantitative estimate of drug-likeness (QED) is 0.0675. The largest absolute Gasteiger partial charge is 0.508 e. The van der Waals surface area contributed by atoms with Gasteiger partial charge in [0.1, 0.15) is 95.6 Å². The highest BCUT2D eigenvalue weighted by Gasteiger charge is 2.53. The summed E-state index contributed by atoms with van der Waals surface area (Å²) in [5, 5.41) is 129. The number of alkyl carbamates (subject to hydrolysis) is 1. The Kier molecular flexibility index (Phi) is 25.8. The third-order valence-corrected chi connectivity index (χ3v) is 19.9. The van der Waals surface area contributed by atoms with Gasteiger partial charge in [0.2, 0.25) is 47.5 Å². The van der Waals surface area contributed by atoms with Gasteiger partial charge >= 0.3 is 18.2 Å². The van der Waals surface area contributed by atoms with Crippen LogP contribution in [-0.4, -0.2) is 221 Å². The molecule has 7 aliphatic rings. The predicted molar refractivity (Wildman–Crippen MR) is 382 cm³/mol. The summed E-state index contributed by atoms with van der Waals surface area (Å²) in [7, 11) is 1.25. The summed E-state index contributed by atoms with van der Waals surface area (Å²) in [5.41, 5.74) is 1.32. The zero-order valence-electron chi connectivity index (χ0n) is 60.4. The molecule has 7 heterocycles. The number of Topliss-reactive ketones (excluding diaryl/α,β-unsaturated/α-hetero) is 1. The van der Waals surface area contributed by atoms with E-state index >= 15 is 19.2 Å². The normalized spacial score (nSPS) is 27.7. The van der Waals surface area contributed by atoms with E-state index in [1.165, 1.54) is 34.7 Å². The Bertz CT molecular complexity index is 4440. The van der Waals surface area contributed by atoms with Crippen LogP contribution in [0, 0.1) is 5.92 Å². The molecular weight excluding hydrogens is 1510 g/mol. The molecule has 0 radical (unpaired) electrons. The van der Waals surface area contributed by atoms with Crippen LogP contribution in [0.3, 0.4) is 0 Å². The number of nitrogens with zero attached hydrogens (tertiary/aromatic N) is 1. The number of aliphatic hydroxyl groups excluding tert-OH is 6. The van der Waals surface area contributed by atoms with Crippen LogP contribution in [0.4, 0.5) is 9.59 Å². The van der Waals surface area contributed by atoms with E-state index in [1.54, 1.807) is 13.8 Å². The van der Waals surface area contributed by atoms with Crippen LogP contribution in [0.25, 0.3) is 11.1 Å². The number of fused-ring (bicyclic) bond motifs is 15. The van der Waals surface area contributed by atoms with Crippen LogP contribution in [-0.2, 0) is 62.0 Å². The fourth-order valence-corrected chi connectivity index (χ4v) is 14.1. The number of carboxylic acid groups (broad SMARTS) is 1. The maximum atomic E-state index is 16.3. The summed E-state index contributed by atoms with van der Waals surface area (Å²) in [6.07, 6.45) is -23.2. The molecule has 0 spiro atoms. The Balaban J connectivity index is 1.23. The molecule has 8 amide bonds. The maximum Gasteiger partial charge on any atom is 0.410 e. The summed E-state index contributed by atoms with van der Waals surface area (Å²) >= 11 is 14.2. The number of nitrogens with one attached hydrogen (secondary N) is 6. The molecule has 111 heavy (non-hydrogen) atoms. The van der Waals surface area contributed by atoms with Crippen LogP contribution < -0.4 is 51.8 Å². The Labute approximate surface area is 642 Å². The lowest BCUT2D eigenvalue weighted by Gasteiger charge is -2.48. The van der Waals surface area contributed by atoms with Gasteiger partial charge in [-0.1, -0.05) is 55.2 Å². The molecule has 38 heteroatoms. The van der Waals surface area contributed by atoms with Gasteiger partial charge in [0.25, 0.3) is 0 Å². The first kappa shape index (κ1) is 83.1. The molecule has 12 rings (SSSR count). The van der Waals surface area contributed by atoms with Gasteiger partial charge in [0.15, 0.2) is 35.7 Å². The van der Waals surface area contributed by atoms with Crippen molar-refractivity contribution in [2.45, 2.75) is 176 Å². The Morgan fingerprint density at radius 2 is 1.36 bits per heavy atom. The highest BCUT2D eigenvalue weighted by Crippen LogP contribution is 2.50. The summed E-state index contributed by atoms with van der Waals surface area (Å²) in [6.45, 7) is 8.16. The van der Waals surface area contributed by atoms with Crippen LogP contribution in [0.1, 0.15) is 125 Å². The molecule has 0 unspecified atom stereocenters. The topological polar surface area (TPSA) is 548 Å². The molecule has 18 N–H and O–H groups in total. The number of hydrogen-bond acceptors (Lipinski definition) is 27. The van der Waals surface area contributed by atoms with Crippen molar-refractivity contribution < 1.29 is 137 Å². The van der Waals surface area contributed by atoms with Crippen LogP contribution in [0.5, 0.6) is 46.0 Å². The first-order valence-corrected chi connectivity index (χ1v) is 35.8. The van der Waals surface area contributed by atoms with Gasteiger partial charge in [-0.2, -0.15) is 0 Å². The third-order valence-electron chi connectivity index (χ3n) is 19.3. The van der Waals surface area contributed by atoms with Crippen molar-refractivity contribution in [3.63, 3.8) is 0 Å². The second kappa shape index (κ2) is 34.5. The smallest absolute Gasteiger partial charge is 0.410 e. The minimum absolute atomic E-state index is 0.0615. The number of aromatic hydroxyl groups is 3. The van der Waals surface area contributed by atoms with Gasteiger partial charge in [-0.25, -0.2) is 14.4 Å². The third kappa shape index (κ3) is 18.2. The molecule has 0 aromatic heterocycles. The molecule has 11 bridgehead atoms. The van der Waals surface area contributed by atoms with E-state index < -0.39 is 273 Å².